The molecule has 0 aliphatic carbocycles. The van der Waals surface area contributed by atoms with E-state index in [-0.39, 0.29) is 0 Å². The summed E-state index contributed by atoms with van der Waals surface area (Å²) in [7, 11) is 1.66. The molecule has 24 heavy (non-hydrogen) atoms. The van der Waals surface area contributed by atoms with E-state index in [1.807, 2.05) is 34.9 Å². The van der Waals surface area contributed by atoms with Gasteiger partial charge in [-0.05, 0) is 55.4 Å². The van der Waals surface area contributed by atoms with E-state index in [0.717, 1.165) is 22.9 Å². The zero-order valence-corrected chi connectivity index (χ0v) is 14.8. The Morgan fingerprint density at radius 3 is 2.75 bits per heavy atom. The van der Waals surface area contributed by atoms with Crippen LogP contribution in [0.15, 0.2) is 42.5 Å². The molecular weight excluding hydrogens is 320 g/mol. The van der Waals surface area contributed by atoms with E-state index in [2.05, 4.69) is 41.5 Å². The standard InChI is InChI=1S/C18H20N4OS/c1-12-7-6-9-15(13(12)2)22-17(20-21-18(22)24)11-19-14-8-4-5-10-16(14)23-3/h4-10,19H,11H2,1-3H3,(H,21,24). The van der Waals surface area contributed by atoms with E-state index in [4.69, 9.17) is 17.0 Å². The van der Waals surface area contributed by atoms with Crippen molar-refractivity contribution in [3.05, 3.63) is 64.2 Å². The Balaban J connectivity index is 1.94. The molecule has 1 aromatic heterocycles. The Morgan fingerprint density at radius 2 is 1.96 bits per heavy atom. The number of rotatable bonds is 5. The number of aromatic nitrogens is 3. The van der Waals surface area contributed by atoms with E-state index in [9.17, 15) is 0 Å². The first-order chi connectivity index (χ1) is 11.6. The fourth-order valence-electron chi connectivity index (χ4n) is 2.64. The minimum Gasteiger partial charge on any atom is -0.495 e. The van der Waals surface area contributed by atoms with Crippen LogP contribution in [0.3, 0.4) is 0 Å². The summed E-state index contributed by atoms with van der Waals surface area (Å²) in [4.78, 5) is 0. The van der Waals surface area contributed by atoms with Crippen molar-refractivity contribution < 1.29 is 4.74 Å². The van der Waals surface area contributed by atoms with Crippen molar-refractivity contribution in [2.45, 2.75) is 20.4 Å². The highest BCUT2D eigenvalue weighted by atomic mass is 32.1. The van der Waals surface area contributed by atoms with Gasteiger partial charge in [-0.3, -0.25) is 9.67 Å². The number of benzene rings is 2. The van der Waals surface area contributed by atoms with Crippen LogP contribution in [0.5, 0.6) is 5.75 Å². The lowest BCUT2D eigenvalue weighted by atomic mass is 10.1. The van der Waals surface area contributed by atoms with Gasteiger partial charge in [0.05, 0.1) is 25.0 Å². The highest BCUT2D eigenvalue weighted by Crippen LogP contribution is 2.24. The third-order valence-electron chi connectivity index (χ3n) is 4.10. The van der Waals surface area contributed by atoms with Gasteiger partial charge in [0.1, 0.15) is 5.75 Å². The van der Waals surface area contributed by atoms with Gasteiger partial charge in [0.2, 0.25) is 0 Å². The number of nitrogens with zero attached hydrogens (tertiary/aromatic N) is 2. The maximum absolute atomic E-state index is 5.43. The topological polar surface area (TPSA) is 54.9 Å². The van der Waals surface area contributed by atoms with Crippen LogP contribution in [0.1, 0.15) is 17.0 Å². The van der Waals surface area contributed by atoms with Gasteiger partial charge in [0, 0.05) is 0 Å². The molecule has 0 fully saturated rings. The fraction of sp³-hybridized carbons (Fsp3) is 0.222. The average Bonchev–Trinajstić information content (AvgIpc) is 2.96. The third kappa shape index (κ3) is 3.05. The van der Waals surface area contributed by atoms with E-state index in [1.165, 1.54) is 11.1 Å². The van der Waals surface area contributed by atoms with Crippen LogP contribution in [0.25, 0.3) is 5.69 Å². The summed E-state index contributed by atoms with van der Waals surface area (Å²) in [6.45, 7) is 4.72. The van der Waals surface area contributed by atoms with Gasteiger partial charge in [0.15, 0.2) is 10.6 Å². The van der Waals surface area contributed by atoms with Gasteiger partial charge in [-0.25, -0.2) is 0 Å². The molecule has 3 aromatic rings. The van der Waals surface area contributed by atoms with Crippen LogP contribution in [0.2, 0.25) is 0 Å². The summed E-state index contributed by atoms with van der Waals surface area (Å²) in [6, 6.07) is 14.0. The third-order valence-corrected chi connectivity index (χ3v) is 4.38. The number of ether oxygens (including phenoxy) is 1. The fourth-order valence-corrected chi connectivity index (χ4v) is 2.89. The molecule has 2 aromatic carbocycles. The summed E-state index contributed by atoms with van der Waals surface area (Å²) >= 11 is 5.43. The molecule has 0 unspecified atom stereocenters. The molecule has 1 heterocycles. The second-order valence-electron chi connectivity index (χ2n) is 5.55. The second kappa shape index (κ2) is 6.88. The molecule has 3 rings (SSSR count). The van der Waals surface area contributed by atoms with E-state index >= 15 is 0 Å². The van der Waals surface area contributed by atoms with Crippen LogP contribution < -0.4 is 10.1 Å². The van der Waals surface area contributed by atoms with Crippen molar-refractivity contribution in [1.82, 2.24) is 14.8 Å². The lowest BCUT2D eigenvalue weighted by Gasteiger charge is -2.14. The maximum atomic E-state index is 5.43. The monoisotopic (exact) mass is 340 g/mol. The molecule has 2 N–H and O–H groups in total. The zero-order chi connectivity index (χ0) is 17.1. The van der Waals surface area contributed by atoms with Gasteiger partial charge in [-0.15, -0.1) is 0 Å². The molecule has 0 radical (unpaired) electrons. The highest BCUT2D eigenvalue weighted by Gasteiger charge is 2.12. The molecule has 0 spiro atoms. The number of hydrogen-bond acceptors (Lipinski definition) is 4. The Hall–Kier alpha value is -2.60. The minimum absolute atomic E-state index is 0.529. The van der Waals surface area contributed by atoms with Crippen LogP contribution in [0, 0.1) is 18.6 Å². The van der Waals surface area contributed by atoms with Gasteiger partial charge < -0.3 is 10.1 Å². The summed E-state index contributed by atoms with van der Waals surface area (Å²) in [5.41, 5.74) is 4.37. The quantitative estimate of drug-likeness (QED) is 0.685. The number of H-pyrrole nitrogens is 1. The van der Waals surface area contributed by atoms with Gasteiger partial charge in [0.25, 0.3) is 0 Å². The van der Waals surface area contributed by atoms with Crippen molar-refractivity contribution in [2.24, 2.45) is 0 Å². The van der Waals surface area contributed by atoms with E-state index in [0.29, 0.717) is 11.3 Å². The maximum Gasteiger partial charge on any atom is 0.199 e. The smallest absolute Gasteiger partial charge is 0.199 e. The van der Waals surface area contributed by atoms with Gasteiger partial charge >= 0.3 is 0 Å². The molecule has 6 heteroatoms. The number of para-hydroxylation sites is 2. The number of aryl methyl sites for hydroxylation is 1. The summed E-state index contributed by atoms with van der Waals surface area (Å²) < 4.78 is 7.93. The Labute approximate surface area is 146 Å². The first-order valence-electron chi connectivity index (χ1n) is 7.71. The van der Waals surface area contributed by atoms with Crippen molar-refractivity contribution >= 4 is 17.9 Å². The van der Waals surface area contributed by atoms with Crippen molar-refractivity contribution in [1.29, 1.82) is 0 Å². The first kappa shape index (κ1) is 16.3. The highest BCUT2D eigenvalue weighted by molar-refractivity contribution is 7.71. The Kier molecular flexibility index (Phi) is 4.66. The largest absolute Gasteiger partial charge is 0.495 e. The van der Waals surface area contributed by atoms with Crippen LogP contribution in [-0.4, -0.2) is 21.9 Å². The molecule has 0 saturated carbocycles. The molecule has 0 aliphatic rings. The van der Waals surface area contributed by atoms with E-state index < -0.39 is 0 Å². The molecule has 0 atom stereocenters. The predicted molar refractivity (Wildman–Crippen MR) is 98.5 cm³/mol. The van der Waals surface area contributed by atoms with Gasteiger partial charge in [-0.2, -0.15) is 5.10 Å². The number of methoxy groups -OCH3 is 1. The SMILES string of the molecule is COc1ccccc1NCc1n[nH]c(=S)n1-c1cccc(C)c1C. The minimum atomic E-state index is 0.529. The number of hydrogen-bond donors (Lipinski definition) is 2. The molecule has 0 amide bonds. The lowest BCUT2D eigenvalue weighted by molar-refractivity contribution is 0.416. The van der Waals surface area contributed by atoms with E-state index in [1.54, 1.807) is 7.11 Å². The van der Waals surface area contributed by atoms with Gasteiger partial charge in [-0.1, -0.05) is 24.3 Å². The molecule has 0 saturated heterocycles. The summed E-state index contributed by atoms with van der Waals surface area (Å²) in [6.07, 6.45) is 0. The summed E-state index contributed by atoms with van der Waals surface area (Å²) in [5, 5.41) is 10.6. The molecule has 0 bridgehead atoms. The number of anilines is 1. The van der Waals surface area contributed by atoms with Crippen molar-refractivity contribution in [3.8, 4) is 11.4 Å². The first-order valence-corrected chi connectivity index (χ1v) is 8.12. The predicted octanol–water partition coefficient (Wildman–Crippen LogP) is 4.17. The van der Waals surface area contributed by atoms with Crippen LogP contribution in [-0.2, 0) is 6.54 Å². The zero-order valence-electron chi connectivity index (χ0n) is 14.0. The lowest BCUT2D eigenvalue weighted by Crippen LogP contribution is -2.09. The molecular formula is C18H20N4OS. The average molecular weight is 340 g/mol. The Bertz CT molecular complexity index is 913. The number of aromatic amines is 1. The number of nitrogens with one attached hydrogen (secondary N) is 2. The van der Waals surface area contributed by atoms with Crippen molar-refractivity contribution in [3.63, 3.8) is 0 Å². The normalized spacial score (nSPS) is 10.6. The summed E-state index contributed by atoms with van der Waals surface area (Å²) in [5.74, 6) is 1.62. The van der Waals surface area contributed by atoms with Crippen LogP contribution in [0.4, 0.5) is 5.69 Å². The second-order valence-corrected chi connectivity index (χ2v) is 5.94. The molecule has 0 aliphatic heterocycles. The van der Waals surface area contributed by atoms with Crippen molar-refractivity contribution in [2.75, 3.05) is 12.4 Å². The Morgan fingerprint density at radius 1 is 1.17 bits per heavy atom. The molecule has 5 nitrogen and oxygen atoms in total. The van der Waals surface area contributed by atoms with Crippen LogP contribution >= 0.6 is 12.2 Å². The molecule has 124 valence electrons.